The lowest BCUT2D eigenvalue weighted by molar-refractivity contribution is 1.08. The maximum Gasteiger partial charge on any atom is 0.179 e. The van der Waals surface area contributed by atoms with Crippen molar-refractivity contribution in [1.29, 1.82) is 0 Å². The predicted octanol–water partition coefficient (Wildman–Crippen LogP) is 9.72. The van der Waals surface area contributed by atoms with Gasteiger partial charge in [-0.2, -0.15) is 0 Å². The van der Waals surface area contributed by atoms with Crippen LogP contribution in [0.3, 0.4) is 0 Å². The van der Waals surface area contributed by atoms with Gasteiger partial charge in [0.15, 0.2) is 8.07 Å². The van der Waals surface area contributed by atoms with Gasteiger partial charge in [0.25, 0.3) is 0 Å². The number of fused-ring (bicyclic) bond motifs is 6. The van der Waals surface area contributed by atoms with E-state index in [9.17, 15) is 0 Å². The Balaban J connectivity index is 1.26. The molecule has 0 spiro atoms. The number of pyridine rings is 2. The van der Waals surface area contributed by atoms with Gasteiger partial charge >= 0.3 is 0 Å². The van der Waals surface area contributed by atoms with Crippen LogP contribution in [0.5, 0.6) is 0 Å². The molecule has 268 valence electrons. The Kier molecular flexibility index (Phi) is 7.79. The van der Waals surface area contributed by atoms with Crippen molar-refractivity contribution < 1.29 is 0 Å². The third kappa shape index (κ3) is 5.20. The summed E-state index contributed by atoms with van der Waals surface area (Å²) in [4.78, 5) is 9.76. The van der Waals surface area contributed by atoms with Crippen LogP contribution in [-0.4, -0.2) is 27.2 Å². The van der Waals surface area contributed by atoms with Crippen molar-refractivity contribution in [3.8, 4) is 22.8 Å². The SMILES string of the molecule is c1ccc(-n2c3ccccc3c3cc4c5ccc([Si](c6ccccc6)(c6ccccc6)c6cccc(-c7ccccn7)c6)cc5n(-c5ccccn5)c4cc32)cc1. The van der Waals surface area contributed by atoms with Crippen LogP contribution in [-0.2, 0) is 0 Å². The minimum atomic E-state index is -2.94. The molecule has 0 saturated heterocycles. The number of benzene rings is 7. The van der Waals surface area contributed by atoms with Crippen molar-refractivity contribution >= 4 is 72.4 Å². The number of para-hydroxylation sites is 2. The van der Waals surface area contributed by atoms with Gasteiger partial charge in [0, 0.05) is 45.2 Å². The molecule has 0 atom stereocenters. The smallest absolute Gasteiger partial charge is 0.179 e. The van der Waals surface area contributed by atoms with Gasteiger partial charge in [-0.05, 0) is 81.4 Å². The van der Waals surface area contributed by atoms with E-state index in [-0.39, 0.29) is 0 Å². The second kappa shape index (κ2) is 13.4. The zero-order valence-corrected chi connectivity index (χ0v) is 32.1. The quantitative estimate of drug-likeness (QED) is 0.120. The second-order valence-corrected chi connectivity index (χ2v) is 18.4. The Morgan fingerprint density at radius 2 is 0.912 bits per heavy atom. The Morgan fingerprint density at radius 3 is 1.61 bits per heavy atom. The maximum atomic E-state index is 5.00. The molecule has 4 nitrogen and oxygen atoms in total. The highest BCUT2D eigenvalue weighted by atomic mass is 28.3. The fourth-order valence-electron chi connectivity index (χ4n) is 9.12. The highest BCUT2D eigenvalue weighted by Crippen LogP contribution is 2.39. The van der Waals surface area contributed by atoms with Crippen LogP contribution < -0.4 is 20.7 Å². The molecule has 5 heteroatoms. The number of rotatable bonds is 7. The van der Waals surface area contributed by atoms with E-state index >= 15 is 0 Å². The molecule has 0 fully saturated rings. The Morgan fingerprint density at radius 1 is 0.333 bits per heavy atom. The van der Waals surface area contributed by atoms with Gasteiger partial charge in [0.05, 0.1) is 27.8 Å². The van der Waals surface area contributed by atoms with E-state index < -0.39 is 8.07 Å². The van der Waals surface area contributed by atoms with Crippen LogP contribution in [0.15, 0.2) is 219 Å². The topological polar surface area (TPSA) is 35.6 Å². The van der Waals surface area contributed by atoms with Crippen LogP contribution in [0.2, 0.25) is 0 Å². The predicted molar refractivity (Wildman–Crippen MR) is 240 cm³/mol. The van der Waals surface area contributed by atoms with Crippen LogP contribution >= 0.6 is 0 Å². The molecule has 0 amide bonds. The largest absolute Gasteiger partial charge is 0.309 e. The molecule has 0 aliphatic carbocycles. The Hall–Kier alpha value is -7.34. The van der Waals surface area contributed by atoms with E-state index in [0.29, 0.717) is 0 Å². The molecule has 0 bridgehead atoms. The first-order chi connectivity index (χ1) is 28.3. The summed E-state index contributed by atoms with van der Waals surface area (Å²) in [7, 11) is -2.94. The monoisotopic (exact) mass is 744 g/mol. The van der Waals surface area contributed by atoms with Crippen LogP contribution in [0.4, 0.5) is 0 Å². The third-order valence-electron chi connectivity index (χ3n) is 11.6. The van der Waals surface area contributed by atoms with E-state index in [4.69, 9.17) is 9.97 Å². The molecule has 0 unspecified atom stereocenters. The molecule has 0 radical (unpaired) electrons. The molecule has 4 heterocycles. The lowest BCUT2D eigenvalue weighted by Crippen LogP contribution is -2.74. The van der Waals surface area contributed by atoms with Gasteiger partial charge in [-0.3, -0.25) is 9.55 Å². The summed E-state index contributed by atoms with van der Waals surface area (Å²) in [5.41, 5.74) is 7.83. The minimum Gasteiger partial charge on any atom is -0.309 e. The Labute approximate surface area is 331 Å². The van der Waals surface area contributed by atoms with Crippen molar-refractivity contribution in [2.75, 3.05) is 0 Å². The number of hydrogen-bond acceptors (Lipinski definition) is 2. The van der Waals surface area contributed by atoms with Crippen LogP contribution in [0, 0.1) is 0 Å². The number of nitrogens with zero attached hydrogens (tertiary/aromatic N) is 4. The van der Waals surface area contributed by atoms with E-state index in [0.717, 1.165) is 33.8 Å². The van der Waals surface area contributed by atoms with Gasteiger partial charge < -0.3 is 4.57 Å². The van der Waals surface area contributed by atoms with Crippen LogP contribution in [0.25, 0.3) is 66.4 Å². The van der Waals surface area contributed by atoms with Gasteiger partial charge in [-0.15, -0.1) is 0 Å². The summed E-state index contributed by atoms with van der Waals surface area (Å²) in [6, 6.07) is 75.2. The lowest BCUT2D eigenvalue weighted by atomic mass is 10.1. The van der Waals surface area contributed by atoms with Crippen molar-refractivity contribution in [3.63, 3.8) is 0 Å². The van der Waals surface area contributed by atoms with Crippen molar-refractivity contribution in [2.24, 2.45) is 0 Å². The lowest BCUT2D eigenvalue weighted by Gasteiger charge is -2.34. The zero-order chi connectivity index (χ0) is 37.8. The van der Waals surface area contributed by atoms with E-state index in [2.05, 4.69) is 203 Å². The Bertz CT molecular complexity index is 3170. The molecule has 4 aromatic heterocycles. The van der Waals surface area contributed by atoms with Crippen molar-refractivity contribution in [1.82, 2.24) is 19.1 Å². The average molecular weight is 745 g/mol. The molecule has 0 aliphatic rings. The molecule has 57 heavy (non-hydrogen) atoms. The number of hydrogen-bond donors (Lipinski definition) is 0. The highest BCUT2D eigenvalue weighted by Gasteiger charge is 2.42. The van der Waals surface area contributed by atoms with Crippen molar-refractivity contribution in [2.45, 2.75) is 0 Å². The van der Waals surface area contributed by atoms with Gasteiger partial charge in [0.1, 0.15) is 5.82 Å². The minimum absolute atomic E-state index is 0.889. The highest BCUT2D eigenvalue weighted by molar-refractivity contribution is 7.20. The number of aromatic nitrogens is 4. The second-order valence-electron chi connectivity index (χ2n) is 14.6. The fourth-order valence-corrected chi connectivity index (χ4v) is 13.9. The first kappa shape index (κ1) is 33.0. The summed E-state index contributed by atoms with van der Waals surface area (Å²) >= 11 is 0. The summed E-state index contributed by atoms with van der Waals surface area (Å²) in [6.45, 7) is 0. The molecule has 11 rings (SSSR count). The summed E-state index contributed by atoms with van der Waals surface area (Å²) < 4.78 is 4.77. The molecule has 0 aliphatic heterocycles. The summed E-state index contributed by atoms with van der Waals surface area (Å²) in [5.74, 6) is 0.889. The van der Waals surface area contributed by atoms with Crippen LogP contribution in [0.1, 0.15) is 0 Å². The van der Waals surface area contributed by atoms with Gasteiger partial charge in [-0.1, -0.05) is 146 Å². The molecule has 11 aromatic rings. The first-order valence-corrected chi connectivity index (χ1v) is 21.4. The molecule has 0 N–H and O–H groups in total. The van der Waals surface area contributed by atoms with E-state index in [1.54, 1.807) is 0 Å². The van der Waals surface area contributed by atoms with E-state index in [1.165, 1.54) is 53.3 Å². The van der Waals surface area contributed by atoms with Gasteiger partial charge in [0.2, 0.25) is 0 Å². The zero-order valence-electron chi connectivity index (χ0n) is 31.1. The standard InChI is InChI=1S/C52H36N4Si/c1-4-18-38(19-5-1)55-48-27-11-10-25-43(48)45-35-46-44-30-29-42(34-49(44)56(51(46)36-50(45)55)52-28-13-15-32-54-52)57(39-20-6-2-7-21-39,40-22-8-3-9-23-40)41-24-16-17-37(33-41)47-26-12-14-31-53-47/h1-36H. The molecular weight excluding hydrogens is 709 g/mol. The van der Waals surface area contributed by atoms with Gasteiger partial charge in [-0.25, -0.2) is 4.98 Å². The first-order valence-electron chi connectivity index (χ1n) is 19.4. The molecule has 7 aromatic carbocycles. The van der Waals surface area contributed by atoms with E-state index in [1.807, 2.05) is 24.5 Å². The molecule has 0 saturated carbocycles. The average Bonchev–Trinajstić information content (AvgIpc) is 3.79. The van der Waals surface area contributed by atoms with Crippen molar-refractivity contribution in [3.05, 3.63) is 219 Å². The third-order valence-corrected chi connectivity index (χ3v) is 16.3. The summed E-state index contributed by atoms with van der Waals surface area (Å²) in [6.07, 6.45) is 3.77. The summed E-state index contributed by atoms with van der Waals surface area (Å²) in [5, 5.41) is 10.1. The molecular formula is C52H36N4Si. The fraction of sp³-hybridized carbons (Fsp3) is 0. The maximum absolute atomic E-state index is 5.00. The normalized spacial score (nSPS) is 11.9.